The number of rotatable bonds is 3. The fourth-order valence-corrected chi connectivity index (χ4v) is 3.21. The molecule has 1 atom stereocenters. The van der Waals surface area contributed by atoms with Gasteiger partial charge in [-0.25, -0.2) is 18.7 Å². The molecule has 2 aromatic carbocycles. The second kappa shape index (κ2) is 6.75. The van der Waals surface area contributed by atoms with E-state index in [4.69, 9.17) is 0 Å². The van der Waals surface area contributed by atoms with Crippen LogP contribution in [0.3, 0.4) is 0 Å². The van der Waals surface area contributed by atoms with Crippen molar-refractivity contribution < 1.29 is 13.6 Å². The molecule has 3 aromatic rings. The zero-order valence-electron chi connectivity index (χ0n) is 14.5. The molecule has 0 bridgehead atoms. The average molecular weight is 366 g/mol. The van der Waals surface area contributed by atoms with E-state index in [0.717, 1.165) is 24.2 Å². The Morgan fingerprint density at radius 3 is 2.59 bits per heavy atom. The van der Waals surface area contributed by atoms with Crippen LogP contribution in [0.5, 0.6) is 0 Å². The Labute approximate surface area is 154 Å². The largest absolute Gasteiger partial charge is 0.322 e. The molecule has 7 heteroatoms. The Balaban J connectivity index is 1.54. The number of nitrogens with zero attached hydrogens (tertiary/aromatic N) is 3. The van der Waals surface area contributed by atoms with E-state index in [0.29, 0.717) is 5.95 Å². The maximum atomic E-state index is 13.3. The van der Waals surface area contributed by atoms with Gasteiger partial charge < -0.3 is 10.2 Å². The van der Waals surface area contributed by atoms with Crippen LogP contribution in [0.15, 0.2) is 54.9 Å². The van der Waals surface area contributed by atoms with Crippen LogP contribution in [0.1, 0.15) is 22.8 Å². The summed E-state index contributed by atoms with van der Waals surface area (Å²) in [6.07, 6.45) is 3.74. The van der Waals surface area contributed by atoms with E-state index in [1.54, 1.807) is 0 Å². The van der Waals surface area contributed by atoms with Crippen molar-refractivity contribution in [3.63, 3.8) is 0 Å². The number of anilines is 3. The van der Waals surface area contributed by atoms with Crippen LogP contribution in [0, 0.1) is 11.6 Å². The van der Waals surface area contributed by atoms with Crippen molar-refractivity contribution in [2.24, 2.45) is 0 Å². The van der Waals surface area contributed by atoms with E-state index in [-0.39, 0.29) is 17.3 Å². The monoisotopic (exact) mass is 366 g/mol. The first kappa shape index (κ1) is 17.1. The number of para-hydroxylation sites is 1. The number of benzene rings is 2. The first-order valence-corrected chi connectivity index (χ1v) is 8.48. The summed E-state index contributed by atoms with van der Waals surface area (Å²) in [7, 11) is 0. The summed E-state index contributed by atoms with van der Waals surface area (Å²) in [4.78, 5) is 23.0. The number of hydrogen-bond acceptors (Lipinski definition) is 4. The van der Waals surface area contributed by atoms with Crippen LogP contribution in [-0.4, -0.2) is 21.9 Å². The van der Waals surface area contributed by atoms with E-state index < -0.39 is 17.5 Å². The van der Waals surface area contributed by atoms with Gasteiger partial charge in [-0.3, -0.25) is 4.79 Å². The highest BCUT2D eigenvalue weighted by molar-refractivity contribution is 6.03. The van der Waals surface area contributed by atoms with E-state index >= 15 is 0 Å². The summed E-state index contributed by atoms with van der Waals surface area (Å²) in [5, 5.41) is 2.50. The second-order valence-electron chi connectivity index (χ2n) is 6.41. The molecule has 0 saturated carbocycles. The zero-order chi connectivity index (χ0) is 19.0. The Kier molecular flexibility index (Phi) is 4.27. The van der Waals surface area contributed by atoms with Crippen molar-refractivity contribution in [3.05, 3.63) is 77.6 Å². The fraction of sp³-hybridized carbons (Fsp3) is 0.150. The molecular formula is C20H16F2N4O. The zero-order valence-corrected chi connectivity index (χ0v) is 14.5. The molecule has 1 N–H and O–H groups in total. The molecule has 1 aliphatic rings. The molecule has 1 amide bonds. The molecule has 27 heavy (non-hydrogen) atoms. The summed E-state index contributed by atoms with van der Waals surface area (Å²) >= 11 is 0. The second-order valence-corrected chi connectivity index (χ2v) is 6.41. The Morgan fingerprint density at radius 1 is 1.11 bits per heavy atom. The molecular weight excluding hydrogens is 350 g/mol. The highest BCUT2D eigenvalue weighted by atomic mass is 19.2. The van der Waals surface area contributed by atoms with Crippen LogP contribution in [-0.2, 0) is 6.42 Å². The lowest BCUT2D eigenvalue weighted by Crippen LogP contribution is -2.26. The Bertz CT molecular complexity index is 1010. The van der Waals surface area contributed by atoms with Crippen LogP contribution in [0.25, 0.3) is 0 Å². The SMILES string of the molecule is CC1Cc2ccccc2N1c1ncc(C(=O)Nc2ccc(F)c(F)c2)cn1. The van der Waals surface area contributed by atoms with Gasteiger partial charge >= 0.3 is 0 Å². The quantitative estimate of drug-likeness (QED) is 0.759. The number of nitrogens with one attached hydrogen (secondary N) is 1. The molecule has 0 saturated heterocycles. The van der Waals surface area contributed by atoms with Crippen LogP contribution >= 0.6 is 0 Å². The smallest absolute Gasteiger partial charge is 0.258 e. The van der Waals surface area contributed by atoms with Gasteiger partial charge in [0.05, 0.1) is 5.56 Å². The lowest BCUT2D eigenvalue weighted by molar-refractivity contribution is 0.102. The maximum absolute atomic E-state index is 13.3. The average Bonchev–Trinajstić information content (AvgIpc) is 3.00. The van der Waals surface area contributed by atoms with Gasteiger partial charge in [-0.15, -0.1) is 0 Å². The summed E-state index contributed by atoms with van der Waals surface area (Å²) in [5.74, 6) is -1.99. The van der Waals surface area contributed by atoms with Crippen molar-refractivity contribution in [1.29, 1.82) is 0 Å². The highest BCUT2D eigenvalue weighted by Gasteiger charge is 2.28. The third-order valence-corrected chi connectivity index (χ3v) is 4.50. The number of carbonyl (C=O) groups excluding carboxylic acids is 1. The summed E-state index contributed by atoms with van der Waals surface area (Å²) in [6.45, 7) is 2.09. The van der Waals surface area contributed by atoms with Crippen molar-refractivity contribution in [3.8, 4) is 0 Å². The molecule has 0 radical (unpaired) electrons. The van der Waals surface area contributed by atoms with Gasteiger partial charge in [0.1, 0.15) is 0 Å². The molecule has 5 nitrogen and oxygen atoms in total. The number of hydrogen-bond donors (Lipinski definition) is 1. The van der Waals surface area contributed by atoms with Gasteiger partial charge in [0, 0.05) is 35.9 Å². The normalized spacial score (nSPS) is 15.5. The third-order valence-electron chi connectivity index (χ3n) is 4.50. The Morgan fingerprint density at radius 2 is 1.85 bits per heavy atom. The van der Waals surface area contributed by atoms with Crippen LogP contribution in [0.2, 0.25) is 0 Å². The number of fused-ring (bicyclic) bond motifs is 1. The van der Waals surface area contributed by atoms with Gasteiger partial charge in [-0.1, -0.05) is 18.2 Å². The lowest BCUT2D eigenvalue weighted by Gasteiger charge is -2.22. The van der Waals surface area contributed by atoms with Crippen molar-refractivity contribution >= 4 is 23.2 Å². The predicted octanol–water partition coefficient (Wildman–Crippen LogP) is 4.09. The number of amides is 1. The van der Waals surface area contributed by atoms with E-state index in [1.165, 1.54) is 24.0 Å². The number of aromatic nitrogens is 2. The fourth-order valence-electron chi connectivity index (χ4n) is 3.21. The minimum absolute atomic E-state index is 0.157. The standard InChI is InChI=1S/C20H16F2N4O/c1-12-8-13-4-2-3-5-18(13)26(12)20-23-10-14(11-24-20)19(27)25-15-6-7-16(21)17(22)9-15/h2-7,9-12H,8H2,1H3,(H,25,27). The van der Waals surface area contributed by atoms with Crippen molar-refractivity contribution in [2.75, 3.05) is 10.2 Å². The molecule has 136 valence electrons. The minimum Gasteiger partial charge on any atom is -0.322 e. The number of halogens is 2. The molecule has 0 fully saturated rings. The maximum Gasteiger partial charge on any atom is 0.258 e. The molecule has 4 rings (SSSR count). The lowest BCUT2D eigenvalue weighted by atomic mass is 10.1. The molecule has 0 spiro atoms. The van der Waals surface area contributed by atoms with Gasteiger partial charge in [0.2, 0.25) is 5.95 Å². The summed E-state index contributed by atoms with van der Waals surface area (Å²) in [6, 6.07) is 11.4. The van der Waals surface area contributed by atoms with E-state index in [2.05, 4.69) is 28.3 Å². The van der Waals surface area contributed by atoms with Gasteiger partial charge in [-0.05, 0) is 37.1 Å². The van der Waals surface area contributed by atoms with E-state index in [1.807, 2.05) is 23.1 Å². The summed E-state index contributed by atoms with van der Waals surface area (Å²) in [5.41, 5.74) is 2.67. The van der Waals surface area contributed by atoms with Crippen LogP contribution < -0.4 is 10.2 Å². The third kappa shape index (κ3) is 3.23. The topological polar surface area (TPSA) is 58.1 Å². The molecule has 2 heterocycles. The molecule has 1 unspecified atom stereocenters. The molecule has 1 aromatic heterocycles. The first-order chi connectivity index (χ1) is 13.0. The summed E-state index contributed by atoms with van der Waals surface area (Å²) < 4.78 is 26.2. The first-order valence-electron chi connectivity index (χ1n) is 8.48. The molecule has 1 aliphatic heterocycles. The van der Waals surface area contributed by atoms with Crippen molar-refractivity contribution in [1.82, 2.24) is 9.97 Å². The Hall–Kier alpha value is -3.35. The van der Waals surface area contributed by atoms with Crippen LogP contribution in [0.4, 0.5) is 26.1 Å². The van der Waals surface area contributed by atoms with E-state index in [9.17, 15) is 13.6 Å². The van der Waals surface area contributed by atoms with Gasteiger partial charge in [0.15, 0.2) is 11.6 Å². The van der Waals surface area contributed by atoms with Crippen molar-refractivity contribution in [2.45, 2.75) is 19.4 Å². The molecule has 0 aliphatic carbocycles. The van der Waals surface area contributed by atoms with Gasteiger partial charge in [0.25, 0.3) is 5.91 Å². The highest BCUT2D eigenvalue weighted by Crippen LogP contribution is 2.36. The van der Waals surface area contributed by atoms with Gasteiger partial charge in [-0.2, -0.15) is 0 Å². The predicted molar refractivity (Wildman–Crippen MR) is 98.1 cm³/mol. The number of carbonyl (C=O) groups is 1. The minimum atomic E-state index is -1.03.